The van der Waals surface area contributed by atoms with Crippen molar-refractivity contribution in [1.82, 2.24) is 20.4 Å². The topological polar surface area (TPSA) is 80.5 Å². The Hall–Kier alpha value is -2.25. The molecule has 0 bridgehead atoms. The van der Waals surface area contributed by atoms with Crippen LogP contribution >= 0.6 is 0 Å². The highest BCUT2D eigenvalue weighted by Gasteiger charge is 2.47. The number of ether oxygens (including phenoxy) is 1. The van der Waals surface area contributed by atoms with Crippen molar-refractivity contribution in [2.75, 3.05) is 26.2 Å². The van der Waals surface area contributed by atoms with Gasteiger partial charge >= 0.3 is 0 Å². The number of likely N-dealkylation sites (tertiary alicyclic amines) is 1. The van der Waals surface area contributed by atoms with Crippen molar-refractivity contribution in [2.45, 2.75) is 31.9 Å². The van der Waals surface area contributed by atoms with Crippen molar-refractivity contribution in [3.63, 3.8) is 0 Å². The molecule has 7 heteroatoms. The number of amides is 1. The van der Waals surface area contributed by atoms with Gasteiger partial charge in [-0.3, -0.25) is 14.7 Å². The van der Waals surface area contributed by atoms with E-state index in [9.17, 15) is 4.79 Å². The van der Waals surface area contributed by atoms with E-state index in [2.05, 4.69) is 26.4 Å². The molecule has 4 rings (SSSR count). The second-order valence-corrected chi connectivity index (χ2v) is 7.17. The van der Waals surface area contributed by atoms with Crippen LogP contribution in [0.15, 0.2) is 41.2 Å². The quantitative estimate of drug-likeness (QED) is 0.851. The predicted molar refractivity (Wildman–Crippen MR) is 94.4 cm³/mol. The van der Waals surface area contributed by atoms with E-state index in [1.807, 2.05) is 18.3 Å². The monoisotopic (exact) mass is 356 g/mol. The van der Waals surface area contributed by atoms with Gasteiger partial charge < -0.3 is 14.6 Å². The largest absolute Gasteiger partial charge is 0.378 e. The number of hydrogen-bond donors (Lipinski definition) is 1. The lowest BCUT2D eigenvalue weighted by atomic mass is 9.74. The van der Waals surface area contributed by atoms with Crippen molar-refractivity contribution in [3.8, 4) is 0 Å². The van der Waals surface area contributed by atoms with Gasteiger partial charge in [-0.15, -0.1) is 0 Å². The molecule has 0 aromatic carbocycles. The third-order valence-electron chi connectivity index (χ3n) is 5.53. The Morgan fingerprint density at radius 2 is 2.31 bits per heavy atom. The average Bonchev–Trinajstić information content (AvgIpc) is 3.32. The van der Waals surface area contributed by atoms with Gasteiger partial charge in [0.2, 0.25) is 5.76 Å². The molecule has 138 valence electrons. The number of aromatic nitrogens is 2. The average molecular weight is 356 g/mol. The molecule has 0 unspecified atom stereocenters. The molecule has 2 saturated heterocycles. The van der Waals surface area contributed by atoms with Crippen molar-refractivity contribution >= 4 is 5.91 Å². The second kappa shape index (κ2) is 7.55. The van der Waals surface area contributed by atoms with Gasteiger partial charge in [-0.2, -0.15) is 0 Å². The van der Waals surface area contributed by atoms with E-state index < -0.39 is 0 Å². The van der Waals surface area contributed by atoms with Crippen LogP contribution in [0.4, 0.5) is 0 Å². The zero-order chi connectivity index (χ0) is 17.8. The van der Waals surface area contributed by atoms with Crippen LogP contribution in [0.2, 0.25) is 0 Å². The zero-order valence-electron chi connectivity index (χ0n) is 14.8. The minimum Gasteiger partial charge on any atom is -0.378 e. The van der Waals surface area contributed by atoms with Gasteiger partial charge in [0.25, 0.3) is 5.91 Å². The molecule has 0 aliphatic carbocycles. The molecule has 0 spiro atoms. The minimum absolute atomic E-state index is 0.0989. The molecular formula is C19H24N4O3. The molecule has 0 radical (unpaired) electrons. The van der Waals surface area contributed by atoms with Crippen LogP contribution in [0, 0.1) is 5.41 Å². The van der Waals surface area contributed by atoms with Gasteiger partial charge in [-0.25, -0.2) is 0 Å². The number of hydrogen-bond acceptors (Lipinski definition) is 6. The standard InChI is InChI=1S/C19H24N4O3/c24-18(16-4-9-22-26-16)21-10-6-19-7-12-25-17(19)5-11-23(14-19)13-15-3-1-2-8-20-15/h1-4,8-9,17H,5-7,10-14H2,(H,21,24)/t17-,19+/m0/s1. The number of nitrogens with one attached hydrogen (secondary N) is 1. The Labute approximate surface area is 152 Å². The highest BCUT2D eigenvalue weighted by Crippen LogP contribution is 2.43. The SMILES string of the molecule is O=C(NCC[C@]12CCO[C@H]1CCN(Cc1ccccn1)C2)c1ccno1. The fourth-order valence-electron chi connectivity index (χ4n) is 4.20. The summed E-state index contributed by atoms with van der Waals surface area (Å²) in [6.45, 7) is 4.27. The lowest BCUT2D eigenvalue weighted by molar-refractivity contribution is -0.0243. The van der Waals surface area contributed by atoms with Crippen molar-refractivity contribution in [3.05, 3.63) is 48.1 Å². The lowest BCUT2D eigenvalue weighted by Gasteiger charge is -2.43. The zero-order valence-corrected chi connectivity index (χ0v) is 14.8. The maximum Gasteiger partial charge on any atom is 0.289 e. The number of rotatable bonds is 6. The van der Waals surface area contributed by atoms with Crippen molar-refractivity contribution in [1.29, 1.82) is 0 Å². The van der Waals surface area contributed by atoms with Crippen LogP contribution in [0.5, 0.6) is 0 Å². The van der Waals surface area contributed by atoms with E-state index in [4.69, 9.17) is 9.26 Å². The molecule has 1 N–H and O–H groups in total. The van der Waals surface area contributed by atoms with Gasteiger partial charge in [-0.1, -0.05) is 11.2 Å². The van der Waals surface area contributed by atoms with E-state index in [0.717, 1.165) is 51.2 Å². The number of nitrogens with zero attached hydrogens (tertiary/aromatic N) is 3. The van der Waals surface area contributed by atoms with Crippen LogP contribution < -0.4 is 5.32 Å². The first-order chi connectivity index (χ1) is 12.8. The number of pyridine rings is 1. The molecule has 2 atom stereocenters. The maximum atomic E-state index is 12.0. The lowest BCUT2D eigenvalue weighted by Crippen LogP contribution is -2.50. The third-order valence-corrected chi connectivity index (χ3v) is 5.53. The first-order valence-electron chi connectivity index (χ1n) is 9.18. The summed E-state index contributed by atoms with van der Waals surface area (Å²) in [5.74, 6) is 0.0395. The van der Waals surface area contributed by atoms with Crippen LogP contribution in [0.25, 0.3) is 0 Å². The van der Waals surface area contributed by atoms with Crippen molar-refractivity contribution in [2.24, 2.45) is 5.41 Å². The minimum atomic E-state index is -0.212. The summed E-state index contributed by atoms with van der Waals surface area (Å²) in [4.78, 5) is 19.0. The number of carbonyl (C=O) groups excluding carboxylic acids is 1. The fraction of sp³-hybridized carbons (Fsp3) is 0.526. The molecule has 2 aliphatic heterocycles. The van der Waals surface area contributed by atoms with Crippen molar-refractivity contribution < 1.29 is 14.1 Å². The van der Waals surface area contributed by atoms with Crippen LogP contribution in [-0.4, -0.2) is 53.3 Å². The van der Waals surface area contributed by atoms with Crippen LogP contribution in [0.3, 0.4) is 0 Å². The van der Waals surface area contributed by atoms with E-state index in [0.29, 0.717) is 6.54 Å². The summed E-state index contributed by atoms with van der Waals surface area (Å²) < 4.78 is 10.9. The molecule has 1 amide bonds. The molecule has 2 aromatic rings. The summed E-state index contributed by atoms with van der Waals surface area (Å²) in [6.07, 6.45) is 6.57. The summed E-state index contributed by atoms with van der Waals surface area (Å²) >= 11 is 0. The maximum absolute atomic E-state index is 12.0. The van der Waals surface area contributed by atoms with Gasteiger partial charge in [0.1, 0.15) is 0 Å². The predicted octanol–water partition coefficient (Wildman–Crippen LogP) is 1.87. The van der Waals surface area contributed by atoms with Gasteiger partial charge in [-0.05, 0) is 31.4 Å². The fourth-order valence-corrected chi connectivity index (χ4v) is 4.20. The highest BCUT2D eigenvalue weighted by atomic mass is 16.5. The van der Waals surface area contributed by atoms with Gasteiger partial charge in [0, 0.05) is 50.5 Å². The molecule has 7 nitrogen and oxygen atoms in total. The van der Waals surface area contributed by atoms with Gasteiger partial charge in [0.05, 0.1) is 18.0 Å². The second-order valence-electron chi connectivity index (χ2n) is 7.17. The Morgan fingerprint density at radius 3 is 3.12 bits per heavy atom. The normalized spacial score (nSPS) is 25.8. The summed E-state index contributed by atoms with van der Waals surface area (Å²) in [5.41, 5.74) is 1.19. The Bertz CT molecular complexity index is 722. The summed E-state index contributed by atoms with van der Waals surface area (Å²) in [5, 5.41) is 6.52. The van der Waals surface area contributed by atoms with E-state index in [-0.39, 0.29) is 23.2 Å². The van der Waals surface area contributed by atoms with E-state index >= 15 is 0 Å². The number of piperidine rings is 1. The molecule has 26 heavy (non-hydrogen) atoms. The number of carbonyl (C=O) groups is 1. The van der Waals surface area contributed by atoms with Gasteiger partial charge in [0.15, 0.2) is 0 Å². The third kappa shape index (κ3) is 3.64. The molecular weight excluding hydrogens is 332 g/mol. The van der Waals surface area contributed by atoms with Crippen LogP contribution in [0.1, 0.15) is 35.5 Å². The van der Waals surface area contributed by atoms with E-state index in [1.165, 1.54) is 6.20 Å². The van der Waals surface area contributed by atoms with Crippen LogP contribution in [-0.2, 0) is 11.3 Å². The molecule has 2 aromatic heterocycles. The smallest absolute Gasteiger partial charge is 0.289 e. The first kappa shape index (κ1) is 17.2. The molecule has 0 saturated carbocycles. The number of fused-ring (bicyclic) bond motifs is 1. The summed E-state index contributed by atoms with van der Waals surface area (Å²) in [7, 11) is 0. The highest BCUT2D eigenvalue weighted by molar-refractivity contribution is 5.91. The summed E-state index contributed by atoms with van der Waals surface area (Å²) in [6, 6.07) is 7.62. The molecule has 4 heterocycles. The molecule has 2 fully saturated rings. The Kier molecular flexibility index (Phi) is 4.99. The molecule has 2 aliphatic rings. The van der Waals surface area contributed by atoms with E-state index in [1.54, 1.807) is 6.07 Å². The Balaban J connectivity index is 1.36. The Morgan fingerprint density at radius 1 is 1.35 bits per heavy atom. The first-order valence-corrected chi connectivity index (χ1v) is 9.18.